The Morgan fingerprint density at radius 1 is 1.10 bits per heavy atom. The number of aliphatic hydroxyl groups is 1. The molecule has 0 bridgehead atoms. The summed E-state index contributed by atoms with van der Waals surface area (Å²) in [6.07, 6.45) is 1.93. The van der Waals surface area contributed by atoms with Crippen molar-refractivity contribution in [3.05, 3.63) is 106 Å². The van der Waals surface area contributed by atoms with E-state index in [4.69, 9.17) is 16.3 Å². The van der Waals surface area contributed by atoms with Gasteiger partial charge in [-0.15, -0.1) is 10.2 Å². The number of aromatic nitrogens is 2. The summed E-state index contributed by atoms with van der Waals surface area (Å²) in [6.45, 7) is 2.65. The Balaban J connectivity index is 1.48. The molecule has 1 atom stereocenters. The summed E-state index contributed by atoms with van der Waals surface area (Å²) < 4.78 is 19.5. The molecule has 0 aliphatic carbocycles. The van der Waals surface area contributed by atoms with E-state index in [1.165, 1.54) is 28.8 Å². The standard InChI is InChI=1S/C30H25ClFN3O4S2/c1-2-3-15-39-23-13-9-19(10-14-23)26(36)24-25(20-5-4-6-21(31)16-20)35(28(38)27(24)37)29-33-34-30(41-29)40-17-18-7-11-22(32)12-8-18/h4-14,16,25,36H,2-3,15,17H2,1H3/b26-24-. The van der Waals surface area contributed by atoms with Gasteiger partial charge in [0.2, 0.25) is 5.13 Å². The van der Waals surface area contributed by atoms with Gasteiger partial charge in [-0.1, -0.05) is 72.3 Å². The van der Waals surface area contributed by atoms with Crippen molar-refractivity contribution < 1.29 is 23.8 Å². The molecule has 7 nitrogen and oxygen atoms in total. The Hall–Kier alpha value is -3.73. The van der Waals surface area contributed by atoms with Crippen LogP contribution in [0, 0.1) is 5.82 Å². The third kappa shape index (κ3) is 6.45. The van der Waals surface area contributed by atoms with E-state index in [0.29, 0.717) is 38.6 Å². The number of thioether (sulfide) groups is 1. The van der Waals surface area contributed by atoms with Gasteiger partial charge < -0.3 is 9.84 Å². The first kappa shape index (κ1) is 28.8. The molecule has 0 spiro atoms. The lowest BCUT2D eigenvalue weighted by Crippen LogP contribution is -2.29. The molecule has 5 rings (SSSR count). The van der Waals surface area contributed by atoms with Gasteiger partial charge in [-0.2, -0.15) is 0 Å². The molecule has 1 N–H and O–H groups in total. The van der Waals surface area contributed by atoms with E-state index < -0.39 is 17.7 Å². The number of ether oxygens (including phenoxy) is 1. The first-order chi connectivity index (χ1) is 19.9. The minimum absolute atomic E-state index is 0.0763. The highest BCUT2D eigenvalue weighted by Gasteiger charge is 2.48. The zero-order chi connectivity index (χ0) is 28.9. The summed E-state index contributed by atoms with van der Waals surface area (Å²) in [7, 11) is 0. The molecule has 1 aromatic heterocycles. The van der Waals surface area contributed by atoms with Crippen molar-refractivity contribution in [1.82, 2.24) is 10.2 Å². The molecule has 1 saturated heterocycles. The van der Waals surface area contributed by atoms with Crippen molar-refractivity contribution in [3.8, 4) is 5.75 Å². The Morgan fingerprint density at radius 2 is 1.85 bits per heavy atom. The summed E-state index contributed by atoms with van der Waals surface area (Å²) >= 11 is 8.81. The summed E-state index contributed by atoms with van der Waals surface area (Å²) in [6, 6.07) is 18.7. The van der Waals surface area contributed by atoms with Crippen LogP contribution < -0.4 is 9.64 Å². The Labute approximate surface area is 249 Å². The lowest BCUT2D eigenvalue weighted by atomic mass is 9.95. The molecule has 0 radical (unpaired) electrons. The average molecular weight is 610 g/mol. The normalized spacial score (nSPS) is 16.4. The lowest BCUT2D eigenvalue weighted by Gasteiger charge is -2.22. The molecule has 1 aliphatic rings. The maximum atomic E-state index is 13.4. The molecular formula is C30H25ClFN3O4S2. The second kappa shape index (κ2) is 12.8. The van der Waals surface area contributed by atoms with E-state index in [9.17, 15) is 19.1 Å². The minimum atomic E-state index is -0.975. The fourth-order valence-electron chi connectivity index (χ4n) is 4.30. The summed E-state index contributed by atoms with van der Waals surface area (Å²) in [5.41, 5.74) is 1.72. The van der Waals surface area contributed by atoms with E-state index in [0.717, 1.165) is 29.7 Å². The first-order valence-corrected chi connectivity index (χ1v) is 15.0. The van der Waals surface area contributed by atoms with E-state index in [1.54, 1.807) is 60.7 Å². The van der Waals surface area contributed by atoms with Crippen molar-refractivity contribution in [2.45, 2.75) is 35.9 Å². The highest BCUT2D eigenvalue weighted by atomic mass is 35.5. The fourth-order valence-corrected chi connectivity index (χ4v) is 6.33. The van der Waals surface area contributed by atoms with Crippen molar-refractivity contribution in [3.63, 3.8) is 0 Å². The van der Waals surface area contributed by atoms with Crippen LogP contribution in [0.4, 0.5) is 9.52 Å². The number of carbonyl (C=O) groups excluding carboxylic acids is 2. The maximum Gasteiger partial charge on any atom is 0.301 e. The zero-order valence-corrected chi connectivity index (χ0v) is 24.3. The van der Waals surface area contributed by atoms with E-state index in [1.807, 2.05) is 0 Å². The number of carbonyl (C=O) groups is 2. The van der Waals surface area contributed by atoms with E-state index in [2.05, 4.69) is 17.1 Å². The number of nitrogens with zero attached hydrogens (tertiary/aromatic N) is 3. The van der Waals surface area contributed by atoms with E-state index in [-0.39, 0.29) is 22.3 Å². The van der Waals surface area contributed by atoms with Crippen LogP contribution >= 0.6 is 34.7 Å². The molecule has 1 aliphatic heterocycles. The van der Waals surface area contributed by atoms with Gasteiger partial charge in [-0.25, -0.2) is 4.39 Å². The van der Waals surface area contributed by atoms with Crippen LogP contribution in [-0.2, 0) is 15.3 Å². The number of ketones is 1. The number of hydrogen-bond donors (Lipinski definition) is 1. The number of Topliss-reactive ketones (excluding diaryl/α,β-unsaturated/α-hetero) is 1. The van der Waals surface area contributed by atoms with Gasteiger partial charge in [0.1, 0.15) is 17.3 Å². The van der Waals surface area contributed by atoms with Crippen LogP contribution in [0.3, 0.4) is 0 Å². The highest BCUT2D eigenvalue weighted by Crippen LogP contribution is 2.44. The number of amides is 1. The molecule has 4 aromatic rings. The van der Waals surface area contributed by atoms with Crippen molar-refractivity contribution in [2.24, 2.45) is 0 Å². The molecule has 210 valence electrons. The van der Waals surface area contributed by atoms with Gasteiger partial charge in [0.15, 0.2) is 4.34 Å². The summed E-state index contributed by atoms with van der Waals surface area (Å²) in [5, 5.41) is 20.4. The highest BCUT2D eigenvalue weighted by molar-refractivity contribution is 8.00. The minimum Gasteiger partial charge on any atom is -0.507 e. The third-order valence-corrected chi connectivity index (χ3v) is 8.74. The van der Waals surface area contributed by atoms with Crippen molar-refractivity contribution in [1.29, 1.82) is 0 Å². The van der Waals surface area contributed by atoms with Crippen molar-refractivity contribution >= 4 is 57.3 Å². The summed E-state index contributed by atoms with van der Waals surface area (Å²) in [4.78, 5) is 28.1. The summed E-state index contributed by atoms with van der Waals surface area (Å²) in [5.74, 6) is -1.14. The molecule has 3 aromatic carbocycles. The second-order valence-corrected chi connectivity index (χ2v) is 11.8. The third-order valence-electron chi connectivity index (χ3n) is 6.38. The number of rotatable bonds is 10. The number of benzene rings is 3. The number of unbranched alkanes of at least 4 members (excludes halogenated alkanes) is 1. The van der Waals surface area contributed by atoms with Crippen LogP contribution in [0.1, 0.15) is 42.5 Å². The molecular weight excluding hydrogens is 585 g/mol. The Bertz CT molecular complexity index is 1590. The largest absolute Gasteiger partial charge is 0.507 e. The first-order valence-electron chi connectivity index (χ1n) is 12.9. The quantitative estimate of drug-likeness (QED) is 0.0499. The SMILES string of the molecule is CCCCOc1ccc(/C(O)=C2/C(=O)C(=O)N(c3nnc(SCc4ccc(F)cc4)s3)C2c2cccc(Cl)c2)cc1. The molecule has 1 unspecified atom stereocenters. The van der Waals surface area contributed by atoms with Crippen LogP contribution in [-0.4, -0.2) is 33.6 Å². The maximum absolute atomic E-state index is 13.4. The molecule has 1 fully saturated rings. The average Bonchev–Trinajstić information content (AvgIpc) is 3.55. The van der Waals surface area contributed by atoms with Crippen LogP contribution in [0.5, 0.6) is 5.75 Å². The molecule has 1 amide bonds. The number of anilines is 1. The monoisotopic (exact) mass is 609 g/mol. The fraction of sp³-hybridized carbons (Fsp3) is 0.200. The van der Waals surface area contributed by atoms with E-state index >= 15 is 0 Å². The van der Waals surface area contributed by atoms with Crippen molar-refractivity contribution in [2.75, 3.05) is 11.5 Å². The van der Waals surface area contributed by atoms with Crippen LogP contribution in [0.15, 0.2) is 82.7 Å². The topological polar surface area (TPSA) is 92.6 Å². The molecule has 11 heteroatoms. The van der Waals surface area contributed by atoms with Gasteiger partial charge in [0.05, 0.1) is 18.2 Å². The Morgan fingerprint density at radius 3 is 2.56 bits per heavy atom. The predicted octanol–water partition coefficient (Wildman–Crippen LogP) is 7.43. The lowest BCUT2D eigenvalue weighted by molar-refractivity contribution is -0.132. The predicted molar refractivity (Wildman–Crippen MR) is 159 cm³/mol. The van der Waals surface area contributed by atoms with Gasteiger partial charge in [0.25, 0.3) is 5.78 Å². The number of hydrogen-bond acceptors (Lipinski definition) is 8. The zero-order valence-electron chi connectivity index (χ0n) is 21.9. The number of halogens is 2. The number of aliphatic hydroxyl groups excluding tert-OH is 1. The van der Waals surface area contributed by atoms with Gasteiger partial charge >= 0.3 is 5.91 Å². The smallest absolute Gasteiger partial charge is 0.301 e. The van der Waals surface area contributed by atoms with Crippen LogP contribution in [0.2, 0.25) is 5.02 Å². The molecule has 2 heterocycles. The molecule has 41 heavy (non-hydrogen) atoms. The van der Waals surface area contributed by atoms with Crippen LogP contribution in [0.25, 0.3) is 5.76 Å². The second-order valence-electron chi connectivity index (χ2n) is 9.22. The molecule has 0 saturated carbocycles. The Kier molecular flexibility index (Phi) is 9.02. The van der Waals surface area contributed by atoms with Gasteiger partial charge in [-0.3, -0.25) is 14.5 Å². The van der Waals surface area contributed by atoms with Gasteiger partial charge in [0, 0.05) is 16.3 Å². The van der Waals surface area contributed by atoms with Gasteiger partial charge in [-0.05, 0) is 66.1 Å².